The summed E-state index contributed by atoms with van der Waals surface area (Å²) in [7, 11) is 0. The number of nitrogens with zero attached hydrogens (tertiary/aromatic N) is 3. The summed E-state index contributed by atoms with van der Waals surface area (Å²) in [6, 6.07) is 17.4. The van der Waals surface area contributed by atoms with Crippen molar-refractivity contribution in [2.45, 2.75) is 29.3 Å². The molecule has 30 heavy (non-hydrogen) atoms. The van der Waals surface area contributed by atoms with E-state index in [0.29, 0.717) is 42.4 Å². The number of aromatic nitrogens is 2. The van der Waals surface area contributed by atoms with Crippen molar-refractivity contribution in [3.8, 4) is 0 Å². The second-order valence-corrected chi connectivity index (χ2v) is 8.74. The molecule has 0 unspecified atom stereocenters. The van der Waals surface area contributed by atoms with E-state index in [2.05, 4.69) is 0 Å². The summed E-state index contributed by atoms with van der Waals surface area (Å²) in [6.07, 6.45) is 1.95. The first kappa shape index (κ1) is 19.3. The van der Waals surface area contributed by atoms with Crippen molar-refractivity contribution < 1.29 is 9.53 Å². The third kappa shape index (κ3) is 3.75. The highest BCUT2D eigenvalue weighted by Gasteiger charge is 2.33. The zero-order valence-corrected chi connectivity index (χ0v) is 17.4. The molecule has 1 atom stereocenters. The number of rotatable bonds is 5. The molecule has 1 aliphatic heterocycles. The van der Waals surface area contributed by atoms with Crippen molar-refractivity contribution >= 4 is 28.6 Å². The van der Waals surface area contributed by atoms with Gasteiger partial charge in [-0.2, -0.15) is 0 Å². The van der Waals surface area contributed by atoms with Crippen LogP contribution < -0.4 is 5.56 Å². The zero-order valence-electron chi connectivity index (χ0n) is 16.6. The molecule has 2 aliphatic rings. The van der Waals surface area contributed by atoms with Crippen LogP contribution in [0.1, 0.15) is 29.7 Å². The number of hydrogen-bond acceptors (Lipinski definition) is 5. The minimum atomic E-state index is -0.456. The van der Waals surface area contributed by atoms with E-state index in [4.69, 9.17) is 9.72 Å². The molecular formula is C23H23N3O3S. The number of para-hydroxylation sites is 1. The van der Waals surface area contributed by atoms with Gasteiger partial charge in [0.1, 0.15) is 5.25 Å². The van der Waals surface area contributed by atoms with Gasteiger partial charge in [-0.25, -0.2) is 4.98 Å². The van der Waals surface area contributed by atoms with E-state index in [1.165, 1.54) is 11.8 Å². The SMILES string of the molecule is O=C([C@@H](Sc1nc2ccccc2c(=O)n1C1CC1)c1ccccc1)N1CCOCC1. The maximum absolute atomic E-state index is 13.5. The van der Waals surface area contributed by atoms with E-state index >= 15 is 0 Å². The summed E-state index contributed by atoms with van der Waals surface area (Å²) < 4.78 is 7.22. The Morgan fingerprint density at radius 3 is 2.47 bits per heavy atom. The van der Waals surface area contributed by atoms with Crippen LogP contribution in [0.2, 0.25) is 0 Å². The molecule has 0 bridgehead atoms. The number of thioether (sulfide) groups is 1. The lowest BCUT2D eigenvalue weighted by Crippen LogP contribution is -2.42. The minimum Gasteiger partial charge on any atom is -0.378 e. The molecule has 1 saturated carbocycles. The van der Waals surface area contributed by atoms with Crippen LogP contribution in [0, 0.1) is 0 Å². The van der Waals surface area contributed by atoms with E-state index in [-0.39, 0.29) is 17.5 Å². The fourth-order valence-corrected chi connectivity index (χ4v) is 5.06. The molecular weight excluding hydrogens is 398 g/mol. The van der Waals surface area contributed by atoms with Gasteiger partial charge < -0.3 is 9.64 Å². The Kier molecular flexibility index (Phi) is 5.31. The highest BCUT2D eigenvalue weighted by Crippen LogP contribution is 2.41. The molecule has 7 heteroatoms. The molecule has 0 N–H and O–H groups in total. The molecule has 2 fully saturated rings. The van der Waals surface area contributed by atoms with Crippen LogP contribution in [-0.4, -0.2) is 46.7 Å². The second-order valence-electron chi connectivity index (χ2n) is 7.66. The van der Waals surface area contributed by atoms with Gasteiger partial charge in [-0.3, -0.25) is 14.2 Å². The smallest absolute Gasteiger partial charge is 0.262 e. The van der Waals surface area contributed by atoms with Gasteiger partial charge in [0, 0.05) is 19.1 Å². The Balaban J connectivity index is 1.58. The predicted molar refractivity (Wildman–Crippen MR) is 117 cm³/mol. The third-order valence-corrected chi connectivity index (χ3v) is 6.77. The average molecular weight is 422 g/mol. The molecule has 0 radical (unpaired) electrons. The molecule has 1 amide bonds. The summed E-state index contributed by atoms with van der Waals surface area (Å²) in [5.41, 5.74) is 1.58. The van der Waals surface area contributed by atoms with Crippen LogP contribution in [0.3, 0.4) is 0 Å². The van der Waals surface area contributed by atoms with Crippen molar-refractivity contribution in [2.75, 3.05) is 26.3 Å². The van der Waals surface area contributed by atoms with Crippen LogP contribution >= 0.6 is 11.8 Å². The fraction of sp³-hybridized carbons (Fsp3) is 0.348. The number of ether oxygens (including phenoxy) is 1. The van der Waals surface area contributed by atoms with Crippen molar-refractivity contribution in [1.29, 1.82) is 0 Å². The molecule has 3 aromatic rings. The minimum absolute atomic E-state index is 0.0174. The lowest BCUT2D eigenvalue weighted by atomic mass is 10.1. The van der Waals surface area contributed by atoms with Crippen molar-refractivity contribution in [2.24, 2.45) is 0 Å². The Morgan fingerprint density at radius 1 is 1.03 bits per heavy atom. The molecule has 1 saturated heterocycles. The van der Waals surface area contributed by atoms with E-state index < -0.39 is 5.25 Å². The highest BCUT2D eigenvalue weighted by molar-refractivity contribution is 8.00. The summed E-state index contributed by atoms with van der Waals surface area (Å²) >= 11 is 1.39. The van der Waals surface area contributed by atoms with Gasteiger partial charge in [0.25, 0.3) is 5.56 Å². The number of fused-ring (bicyclic) bond motifs is 1. The maximum Gasteiger partial charge on any atom is 0.262 e. The molecule has 1 aliphatic carbocycles. The van der Waals surface area contributed by atoms with E-state index in [1.807, 2.05) is 59.5 Å². The molecule has 1 aromatic heterocycles. The predicted octanol–water partition coefficient (Wildman–Crippen LogP) is 3.42. The molecule has 154 valence electrons. The van der Waals surface area contributed by atoms with Crippen molar-refractivity contribution in [3.63, 3.8) is 0 Å². The maximum atomic E-state index is 13.5. The summed E-state index contributed by atoms with van der Waals surface area (Å²) in [5, 5.41) is 0.795. The molecule has 5 rings (SSSR count). The Morgan fingerprint density at radius 2 is 1.73 bits per heavy atom. The van der Waals surface area contributed by atoms with Crippen LogP contribution in [0.15, 0.2) is 64.5 Å². The third-order valence-electron chi connectivity index (χ3n) is 5.56. The van der Waals surface area contributed by atoms with Gasteiger partial charge in [0.2, 0.25) is 5.91 Å². The lowest BCUT2D eigenvalue weighted by molar-refractivity contribution is -0.134. The summed E-state index contributed by atoms with van der Waals surface area (Å²) in [5.74, 6) is 0.0410. The van der Waals surface area contributed by atoms with Gasteiger partial charge in [-0.05, 0) is 30.5 Å². The number of morpholine rings is 1. The Hall–Kier alpha value is -2.64. The molecule has 6 nitrogen and oxygen atoms in total. The van der Waals surface area contributed by atoms with Gasteiger partial charge >= 0.3 is 0 Å². The molecule has 0 spiro atoms. The Bertz CT molecular complexity index is 1120. The first-order valence-corrected chi connectivity index (χ1v) is 11.2. The largest absolute Gasteiger partial charge is 0.378 e. The van der Waals surface area contributed by atoms with Crippen LogP contribution in [0.4, 0.5) is 0 Å². The van der Waals surface area contributed by atoms with Crippen LogP contribution in [0.5, 0.6) is 0 Å². The van der Waals surface area contributed by atoms with Gasteiger partial charge in [-0.15, -0.1) is 0 Å². The van der Waals surface area contributed by atoms with Gasteiger partial charge in [-0.1, -0.05) is 54.2 Å². The fourth-order valence-electron chi connectivity index (χ4n) is 3.81. The van der Waals surface area contributed by atoms with Crippen LogP contribution in [-0.2, 0) is 9.53 Å². The van der Waals surface area contributed by atoms with E-state index in [1.54, 1.807) is 4.57 Å². The quantitative estimate of drug-likeness (QED) is 0.467. The van der Waals surface area contributed by atoms with E-state index in [9.17, 15) is 9.59 Å². The van der Waals surface area contributed by atoms with Gasteiger partial charge in [0.15, 0.2) is 5.16 Å². The van der Waals surface area contributed by atoms with E-state index in [0.717, 1.165) is 18.4 Å². The number of benzene rings is 2. The van der Waals surface area contributed by atoms with Gasteiger partial charge in [0.05, 0.1) is 24.1 Å². The first-order chi connectivity index (χ1) is 14.7. The topological polar surface area (TPSA) is 64.4 Å². The summed E-state index contributed by atoms with van der Waals surface area (Å²) in [4.78, 5) is 33.4. The average Bonchev–Trinajstić information content (AvgIpc) is 3.63. The normalized spacial score (nSPS) is 17.8. The number of carbonyl (C=O) groups excluding carboxylic acids is 1. The number of carbonyl (C=O) groups is 1. The van der Waals surface area contributed by atoms with Crippen LogP contribution in [0.25, 0.3) is 10.9 Å². The molecule has 2 aromatic carbocycles. The summed E-state index contributed by atoms with van der Waals surface area (Å²) in [6.45, 7) is 2.28. The lowest BCUT2D eigenvalue weighted by Gasteiger charge is -2.30. The standard InChI is InChI=1S/C23H23N3O3S/c27-21-18-8-4-5-9-19(18)24-23(26(21)17-10-11-17)30-20(16-6-2-1-3-7-16)22(28)25-12-14-29-15-13-25/h1-9,17,20H,10-15H2/t20-/m0/s1. The Labute approximate surface area is 178 Å². The molecule has 2 heterocycles. The number of amides is 1. The second kappa shape index (κ2) is 8.24. The van der Waals surface area contributed by atoms with Crippen molar-refractivity contribution in [1.82, 2.24) is 14.5 Å². The number of hydrogen-bond donors (Lipinski definition) is 0. The zero-order chi connectivity index (χ0) is 20.5. The first-order valence-electron chi connectivity index (χ1n) is 10.3. The highest BCUT2D eigenvalue weighted by atomic mass is 32.2. The van der Waals surface area contributed by atoms with Crippen molar-refractivity contribution in [3.05, 3.63) is 70.5 Å². The monoisotopic (exact) mass is 421 g/mol.